The largest absolute Gasteiger partial charge is 0.314 e. The van der Waals surface area contributed by atoms with Crippen LogP contribution in [0.15, 0.2) is 0 Å². The summed E-state index contributed by atoms with van der Waals surface area (Å²) in [6.07, 6.45) is 25.3. The second-order valence-electron chi connectivity index (χ2n) is 7.39. The highest BCUT2D eigenvalue weighted by molar-refractivity contribution is 4.50. The average molecular weight is 328 g/mol. The first kappa shape index (κ1) is 22.9. The molecule has 23 heavy (non-hydrogen) atoms. The number of hydroxylamine groups is 2. The van der Waals surface area contributed by atoms with Gasteiger partial charge in [-0.2, -0.15) is 5.06 Å². The predicted molar refractivity (Wildman–Crippen MR) is 103 cm³/mol. The third-order valence-electron chi connectivity index (χ3n) is 4.84. The Morgan fingerprint density at radius 2 is 0.739 bits per heavy atom. The molecule has 0 spiro atoms. The zero-order valence-electron chi connectivity index (χ0n) is 16.3. The van der Waals surface area contributed by atoms with E-state index in [1.165, 1.54) is 114 Å². The second kappa shape index (κ2) is 20.0. The van der Waals surface area contributed by atoms with Gasteiger partial charge in [-0.05, 0) is 6.42 Å². The molecule has 0 fully saturated rings. The SMILES string of the molecule is CCCCCCCCCCCCCCCCCCCCN(C)O. The van der Waals surface area contributed by atoms with Gasteiger partial charge in [0.1, 0.15) is 0 Å². The van der Waals surface area contributed by atoms with E-state index in [-0.39, 0.29) is 0 Å². The van der Waals surface area contributed by atoms with Crippen LogP contribution in [0.25, 0.3) is 0 Å². The quantitative estimate of drug-likeness (QED) is 0.198. The predicted octanol–water partition coefficient (Wildman–Crippen LogP) is 7.35. The number of unbranched alkanes of at least 4 members (excludes halogenated alkanes) is 17. The van der Waals surface area contributed by atoms with Gasteiger partial charge >= 0.3 is 0 Å². The normalized spacial score (nSPS) is 11.5. The van der Waals surface area contributed by atoms with Crippen molar-refractivity contribution in [1.29, 1.82) is 0 Å². The molecule has 140 valence electrons. The molecule has 0 bridgehead atoms. The molecule has 0 aliphatic rings. The number of hydrogen-bond donors (Lipinski definition) is 1. The summed E-state index contributed by atoms with van der Waals surface area (Å²) in [4.78, 5) is 0. The zero-order valence-corrected chi connectivity index (χ0v) is 16.3. The van der Waals surface area contributed by atoms with E-state index in [2.05, 4.69) is 6.92 Å². The topological polar surface area (TPSA) is 23.5 Å². The lowest BCUT2D eigenvalue weighted by Crippen LogP contribution is -2.13. The lowest BCUT2D eigenvalue weighted by atomic mass is 10.0. The maximum absolute atomic E-state index is 9.02. The number of rotatable bonds is 19. The number of hydrogen-bond acceptors (Lipinski definition) is 2. The summed E-state index contributed by atoms with van der Waals surface area (Å²) < 4.78 is 0. The fourth-order valence-corrected chi connectivity index (χ4v) is 3.24. The van der Waals surface area contributed by atoms with Crippen LogP contribution in [0.2, 0.25) is 0 Å². The molecular formula is C21H45NO. The van der Waals surface area contributed by atoms with Gasteiger partial charge in [-0.15, -0.1) is 0 Å². The van der Waals surface area contributed by atoms with Crippen molar-refractivity contribution in [2.24, 2.45) is 0 Å². The average Bonchev–Trinajstić information content (AvgIpc) is 2.53. The Morgan fingerprint density at radius 1 is 0.478 bits per heavy atom. The van der Waals surface area contributed by atoms with Crippen molar-refractivity contribution in [3.8, 4) is 0 Å². The molecule has 0 atom stereocenters. The van der Waals surface area contributed by atoms with E-state index < -0.39 is 0 Å². The summed E-state index contributed by atoms with van der Waals surface area (Å²) in [5.74, 6) is 0. The molecule has 0 aliphatic heterocycles. The van der Waals surface area contributed by atoms with Gasteiger partial charge in [0.05, 0.1) is 0 Å². The van der Waals surface area contributed by atoms with Gasteiger partial charge in [-0.25, -0.2) is 0 Å². The molecule has 0 radical (unpaired) electrons. The molecular weight excluding hydrogens is 282 g/mol. The van der Waals surface area contributed by atoms with Crippen molar-refractivity contribution in [1.82, 2.24) is 5.06 Å². The Balaban J connectivity index is 2.95. The van der Waals surface area contributed by atoms with Gasteiger partial charge in [0, 0.05) is 13.6 Å². The van der Waals surface area contributed by atoms with E-state index in [9.17, 15) is 0 Å². The minimum Gasteiger partial charge on any atom is -0.314 e. The molecule has 2 nitrogen and oxygen atoms in total. The van der Waals surface area contributed by atoms with Crippen LogP contribution in [0.5, 0.6) is 0 Å². The molecule has 0 saturated heterocycles. The van der Waals surface area contributed by atoms with Crippen LogP contribution < -0.4 is 0 Å². The third-order valence-corrected chi connectivity index (χ3v) is 4.84. The first-order valence-electron chi connectivity index (χ1n) is 10.7. The highest BCUT2D eigenvalue weighted by atomic mass is 16.5. The molecule has 0 rings (SSSR count). The molecule has 0 heterocycles. The van der Waals surface area contributed by atoms with E-state index in [4.69, 9.17) is 5.21 Å². The van der Waals surface area contributed by atoms with Gasteiger partial charge < -0.3 is 5.21 Å². The highest BCUT2D eigenvalue weighted by Gasteiger charge is 1.95. The van der Waals surface area contributed by atoms with Crippen LogP contribution in [0, 0.1) is 0 Å². The van der Waals surface area contributed by atoms with Crippen molar-refractivity contribution >= 4 is 0 Å². The molecule has 1 N–H and O–H groups in total. The van der Waals surface area contributed by atoms with Crippen molar-refractivity contribution < 1.29 is 5.21 Å². The Hall–Kier alpha value is -0.0800. The summed E-state index contributed by atoms with van der Waals surface area (Å²) >= 11 is 0. The first-order chi connectivity index (χ1) is 11.3. The summed E-state index contributed by atoms with van der Waals surface area (Å²) in [6.45, 7) is 3.11. The Labute approximate surface area is 147 Å². The van der Waals surface area contributed by atoms with Crippen LogP contribution >= 0.6 is 0 Å². The van der Waals surface area contributed by atoms with Crippen LogP contribution in [-0.4, -0.2) is 23.9 Å². The van der Waals surface area contributed by atoms with Crippen molar-refractivity contribution in [2.45, 2.75) is 122 Å². The van der Waals surface area contributed by atoms with Gasteiger partial charge in [-0.3, -0.25) is 0 Å². The van der Waals surface area contributed by atoms with Crippen LogP contribution in [0.4, 0.5) is 0 Å². The van der Waals surface area contributed by atoms with Crippen LogP contribution in [0.3, 0.4) is 0 Å². The van der Waals surface area contributed by atoms with Crippen LogP contribution in [-0.2, 0) is 0 Å². The standard InChI is InChI=1S/C21H45NO/c1-3-4-5-6-7-8-9-10-11-12-13-14-15-16-17-18-19-20-21-22(2)23/h23H,3-21H2,1-2H3. The number of nitrogens with zero attached hydrogens (tertiary/aromatic N) is 1. The first-order valence-corrected chi connectivity index (χ1v) is 10.7. The van der Waals surface area contributed by atoms with Crippen molar-refractivity contribution in [3.05, 3.63) is 0 Å². The molecule has 2 heteroatoms. The molecule has 0 saturated carbocycles. The summed E-state index contributed by atoms with van der Waals surface area (Å²) in [6, 6.07) is 0. The minimum atomic E-state index is 0.818. The van der Waals surface area contributed by atoms with Gasteiger partial charge in [0.2, 0.25) is 0 Å². The molecule has 0 aromatic rings. The lowest BCUT2D eigenvalue weighted by molar-refractivity contribution is -0.0655. The second-order valence-corrected chi connectivity index (χ2v) is 7.39. The lowest BCUT2D eigenvalue weighted by Gasteiger charge is -2.07. The van der Waals surface area contributed by atoms with Gasteiger partial charge in [0.15, 0.2) is 0 Å². The van der Waals surface area contributed by atoms with Gasteiger partial charge in [0.25, 0.3) is 0 Å². The Morgan fingerprint density at radius 3 is 1.00 bits per heavy atom. The molecule has 0 aliphatic carbocycles. The maximum Gasteiger partial charge on any atom is 0.0235 e. The van der Waals surface area contributed by atoms with E-state index in [1.54, 1.807) is 7.05 Å². The molecule has 0 aromatic heterocycles. The van der Waals surface area contributed by atoms with E-state index >= 15 is 0 Å². The van der Waals surface area contributed by atoms with E-state index in [1.807, 2.05) is 0 Å². The smallest absolute Gasteiger partial charge is 0.0235 e. The summed E-state index contributed by atoms with van der Waals surface area (Å²) in [5, 5.41) is 10.3. The van der Waals surface area contributed by atoms with Crippen molar-refractivity contribution in [2.75, 3.05) is 13.6 Å². The monoisotopic (exact) mass is 327 g/mol. The third kappa shape index (κ3) is 21.9. The fourth-order valence-electron chi connectivity index (χ4n) is 3.24. The minimum absolute atomic E-state index is 0.818. The Kier molecular flexibility index (Phi) is 19.9. The summed E-state index contributed by atoms with van der Waals surface area (Å²) in [5.41, 5.74) is 0. The van der Waals surface area contributed by atoms with E-state index in [0.717, 1.165) is 13.0 Å². The molecule has 0 unspecified atom stereocenters. The zero-order chi connectivity index (χ0) is 17.0. The molecule has 0 aromatic carbocycles. The Bertz CT molecular complexity index is 206. The van der Waals surface area contributed by atoms with Crippen LogP contribution in [0.1, 0.15) is 122 Å². The highest BCUT2D eigenvalue weighted by Crippen LogP contribution is 2.14. The fraction of sp³-hybridized carbons (Fsp3) is 1.00. The van der Waals surface area contributed by atoms with E-state index in [0.29, 0.717) is 0 Å². The van der Waals surface area contributed by atoms with Crippen molar-refractivity contribution in [3.63, 3.8) is 0 Å². The maximum atomic E-state index is 9.02. The summed E-state index contributed by atoms with van der Waals surface area (Å²) in [7, 11) is 1.73. The molecule has 0 amide bonds. The van der Waals surface area contributed by atoms with Gasteiger partial charge in [-0.1, -0.05) is 116 Å².